The van der Waals surface area contributed by atoms with E-state index in [9.17, 15) is 15.0 Å². The molecule has 0 saturated heterocycles. The molecule has 4 atom stereocenters. The van der Waals surface area contributed by atoms with Crippen LogP contribution in [0.3, 0.4) is 0 Å². The molecule has 0 spiro atoms. The SMILES string of the molecule is COC(=O)c1nc(NCC(c2ccccc2)c2ccccc2)c2ncn(C3CC(N)C(O)C3O)c2n1. The molecule has 0 radical (unpaired) electrons. The highest BCUT2D eigenvalue weighted by Gasteiger charge is 2.41. The Hall–Kier alpha value is -3.86. The van der Waals surface area contributed by atoms with Crippen molar-refractivity contribution in [1.29, 1.82) is 0 Å². The van der Waals surface area contributed by atoms with Crippen LogP contribution in [0.5, 0.6) is 0 Å². The predicted octanol–water partition coefficient (Wildman–Crippen LogP) is 1.85. The van der Waals surface area contributed by atoms with Crippen LogP contribution in [0, 0.1) is 0 Å². The summed E-state index contributed by atoms with van der Waals surface area (Å²) in [5.74, 6) is -0.458. The average molecular weight is 489 g/mol. The highest BCUT2D eigenvalue weighted by atomic mass is 16.5. The van der Waals surface area contributed by atoms with Gasteiger partial charge in [-0.3, -0.25) is 0 Å². The Bertz CT molecular complexity index is 1310. The van der Waals surface area contributed by atoms with Gasteiger partial charge in [-0.25, -0.2) is 19.7 Å². The van der Waals surface area contributed by atoms with E-state index in [1.54, 1.807) is 4.57 Å². The zero-order chi connectivity index (χ0) is 25.2. The maximum absolute atomic E-state index is 12.4. The number of nitrogens with one attached hydrogen (secondary N) is 1. The van der Waals surface area contributed by atoms with Crippen LogP contribution in [0.15, 0.2) is 67.0 Å². The molecule has 5 rings (SSSR count). The molecule has 2 heterocycles. The zero-order valence-electron chi connectivity index (χ0n) is 19.7. The Morgan fingerprint density at radius 3 is 2.28 bits per heavy atom. The second-order valence-corrected chi connectivity index (χ2v) is 8.91. The molecule has 1 fully saturated rings. The van der Waals surface area contributed by atoms with E-state index in [2.05, 4.69) is 44.5 Å². The molecule has 10 nitrogen and oxygen atoms in total. The first-order valence-electron chi connectivity index (χ1n) is 11.8. The molecule has 0 amide bonds. The van der Waals surface area contributed by atoms with Crippen molar-refractivity contribution in [3.8, 4) is 0 Å². The van der Waals surface area contributed by atoms with E-state index >= 15 is 0 Å². The van der Waals surface area contributed by atoms with Crippen LogP contribution in [-0.2, 0) is 4.74 Å². The summed E-state index contributed by atoms with van der Waals surface area (Å²) in [5.41, 5.74) is 8.99. The number of nitrogens with two attached hydrogens (primary N) is 1. The van der Waals surface area contributed by atoms with Crippen molar-refractivity contribution in [3.63, 3.8) is 0 Å². The van der Waals surface area contributed by atoms with Crippen LogP contribution in [0.4, 0.5) is 5.82 Å². The van der Waals surface area contributed by atoms with Crippen LogP contribution in [0.1, 0.15) is 40.1 Å². The van der Waals surface area contributed by atoms with Crippen LogP contribution < -0.4 is 11.1 Å². The number of fused-ring (bicyclic) bond motifs is 1. The number of carbonyl (C=O) groups excluding carboxylic acids is 1. The molecule has 0 aliphatic heterocycles. The minimum Gasteiger partial charge on any atom is -0.463 e. The number of anilines is 1. The number of rotatable bonds is 7. The Balaban J connectivity index is 1.53. The first-order chi connectivity index (χ1) is 17.5. The van der Waals surface area contributed by atoms with Gasteiger partial charge in [-0.15, -0.1) is 0 Å². The Kier molecular flexibility index (Phi) is 6.64. The lowest BCUT2D eigenvalue weighted by molar-refractivity contribution is 0.0187. The largest absolute Gasteiger partial charge is 0.463 e. The summed E-state index contributed by atoms with van der Waals surface area (Å²) >= 11 is 0. The quantitative estimate of drug-likeness (QED) is 0.286. The number of imidazole rings is 1. The van der Waals surface area contributed by atoms with Crippen LogP contribution in [0.25, 0.3) is 11.2 Å². The smallest absolute Gasteiger partial charge is 0.376 e. The number of hydrogen-bond acceptors (Lipinski definition) is 9. The summed E-state index contributed by atoms with van der Waals surface area (Å²) in [4.78, 5) is 25.7. The molecule has 4 aromatic rings. The number of hydrogen-bond donors (Lipinski definition) is 4. The molecule has 1 aliphatic carbocycles. The summed E-state index contributed by atoms with van der Waals surface area (Å²) < 4.78 is 6.51. The van der Waals surface area contributed by atoms with E-state index in [1.807, 2.05) is 36.4 Å². The minimum absolute atomic E-state index is 0.00544. The topological polar surface area (TPSA) is 148 Å². The number of aliphatic hydroxyl groups is 2. The van der Waals surface area contributed by atoms with Gasteiger partial charge in [0.1, 0.15) is 11.6 Å². The number of ether oxygens (including phenoxy) is 1. The fourth-order valence-electron chi connectivity index (χ4n) is 4.78. The lowest BCUT2D eigenvalue weighted by Crippen LogP contribution is -2.35. The molecular formula is C26H28N6O4. The third kappa shape index (κ3) is 4.41. The fraction of sp³-hybridized carbons (Fsp3) is 0.308. The van der Waals surface area contributed by atoms with Crippen molar-refractivity contribution in [2.24, 2.45) is 5.73 Å². The second-order valence-electron chi connectivity index (χ2n) is 8.91. The molecule has 36 heavy (non-hydrogen) atoms. The lowest BCUT2D eigenvalue weighted by atomic mass is 9.91. The number of methoxy groups -OCH3 is 1. The summed E-state index contributed by atoms with van der Waals surface area (Å²) in [6, 6.07) is 19.1. The van der Waals surface area contributed by atoms with Gasteiger partial charge in [-0.05, 0) is 17.5 Å². The van der Waals surface area contributed by atoms with Crippen molar-refractivity contribution in [2.75, 3.05) is 19.0 Å². The molecule has 10 heteroatoms. The van der Waals surface area contributed by atoms with Gasteiger partial charge in [0, 0.05) is 18.5 Å². The fourth-order valence-corrected chi connectivity index (χ4v) is 4.78. The van der Waals surface area contributed by atoms with Gasteiger partial charge >= 0.3 is 5.97 Å². The molecule has 1 saturated carbocycles. The zero-order valence-corrected chi connectivity index (χ0v) is 19.7. The van der Waals surface area contributed by atoms with Crippen molar-refractivity contribution < 1.29 is 19.7 Å². The standard InChI is InChI=1S/C26H28N6O4/c1-36-26(35)24-30-23(20-25(31-24)32(14-29-20)19-12-18(27)21(33)22(19)34)28-13-17(15-8-4-2-5-9-15)16-10-6-3-7-11-16/h2-11,14,17-19,21-22,33-34H,12-13,27H2,1H3,(H,28,30,31). The highest BCUT2D eigenvalue weighted by Crippen LogP contribution is 2.33. The second kappa shape index (κ2) is 10.0. The van der Waals surface area contributed by atoms with Gasteiger partial charge in [-0.2, -0.15) is 0 Å². The number of aromatic nitrogens is 4. The third-order valence-electron chi connectivity index (χ3n) is 6.72. The van der Waals surface area contributed by atoms with Crippen molar-refractivity contribution in [2.45, 2.75) is 36.6 Å². The molecule has 186 valence electrons. The van der Waals surface area contributed by atoms with E-state index in [1.165, 1.54) is 13.4 Å². The molecule has 2 aromatic carbocycles. The molecule has 1 aliphatic rings. The van der Waals surface area contributed by atoms with E-state index in [0.717, 1.165) is 11.1 Å². The van der Waals surface area contributed by atoms with E-state index in [0.29, 0.717) is 29.9 Å². The third-order valence-corrected chi connectivity index (χ3v) is 6.72. The van der Waals surface area contributed by atoms with Gasteiger partial charge < -0.3 is 30.6 Å². The highest BCUT2D eigenvalue weighted by molar-refractivity contribution is 5.91. The van der Waals surface area contributed by atoms with Gasteiger partial charge in [0.15, 0.2) is 11.5 Å². The molecular weight excluding hydrogens is 460 g/mol. The summed E-state index contributed by atoms with van der Waals surface area (Å²) in [7, 11) is 1.26. The Morgan fingerprint density at radius 1 is 1.08 bits per heavy atom. The number of carbonyl (C=O) groups is 1. The van der Waals surface area contributed by atoms with Crippen LogP contribution in [-0.4, -0.2) is 67.6 Å². The average Bonchev–Trinajstić information content (AvgIpc) is 3.45. The lowest BCUT2D eigenvalue weighted by Gasteiger charge is -2.20. The van der Waals surface area contributed by atoms with Gasteiger partial charge in [-0.1, -0.05) is 60.7 Å². The van der Waals surface area contributed by atoms with Gasteiger partial charge in [0.25, 0.3) is 0 Å². The molecule has 4 unspecified atom stereocenters. The van der Waals surface area contributed by atoms with Crippen molar-refractivity contribution in [3.05, 3.63) is 83.9 Å². The van der Waals surface area contributed by atoms with E-state index in [4.69, 9.17) is 10.5 Å². The van der Waals surface area contributed by atoms with Crippen molar-refractivity contribution in [1.82, 2.24) is 19.5 Å². The van der Waals surface area contributed by atoms with Crippen LogP contribution >= 0.6 is 0 Å². The summed E-state index contributed by atoms with van der Waals surface area (Å²) in [6.07, 6.45) is -0.302. The summed E-state index contributed by atoms with van der Waals surface area (Å²) in [6.45, 7) is 0.475. The van der Waals surface area contributed by atoms with Crippen molar-refractivity contribution >= 4 is 23.0 Å². The normalized spacial score (nSPS) is 21.7. The monoisotopic (exact) mass is 488 g/mol. The van der Waals surface area contributed by atoms with E-state index < -0.39 is 30.3 Å². The molecule has 0 bridgehead atoms. The first-order valence-corrected chi connectivity index (χ1v) is 11.8. The van der Waals surface area contributed by atoms with Gasteiger partial charge in [0.05, 0.1) is 25.6 Å². The van der Waals surface area contributed by atoms with Gasteiger partial charge in [0.2, 0.25) is 5.82 Å². The van der Waals surface area contributed by atoms with E-state index in [-0.39, 0.29) is 11.7 Å². The maximum Gasteiger partial charge on any atom is 0.376 e. The summed E-state index contributed by atoms with van der Waals surface area (Å²) in [5, 5.41) is 24.1. The maximum atomic E-state index is 12.4. The Labute approximate surface area is 207 Å². The predicted molar refractivity (Wildman–Crippen MR) is 134 cm³/mol. The molecule has 2 aromatic heterocycles. The Morgan fingerprint density at radius 2 is 1.72 bits per heavy atom. The molecule has 5 N–H and O–H groups in total. The number of nitrogens with zero attached hydrogens (tertiary/aromatic N) is 4. The number of aliphatic hydroxyl groups excluding tert-OH is 2. The number of benzene rings is 2. The minimum atomic E-state index is -1.09. The first kappa shape index (κ1) is 23.9. The number of esters is 1. The van der Waals surface area contributed by atoms with Crippen LogP contribution in [0.2, 0.25) is 0 Å².